The summed E-state index contributed by atoms with van der Waals surface area (Å²) in [6, 6.07) is 9.93. The molecule has 2 aromatic carbocycles. The summed E-state index contributed by atoms with van der Waals surface area (Å²) in [5.41, 5.74) is 0.686. The van der Waals surface area contributed by atoms with Gasteiger partial charge in [0.25, 0.3) is 17.1 Å². The van der Waals surface area contributed by atoms with Crippen molar-refractivity contribution in [2.75, 3.05) is 14.2 Å². The van der Waals surface area contributed by atoms with Gasteiger partial charge in [-0.1, -0.05) is 36.0 Å². The van der Waals surface area contributed by atoms with Crippen molar-refractivity contribution in [3.8, 4) is 11.5 Å². The van der Waals surface area contributed by atoms with Gasteiger partial charge >= 0.3 is 11.9 Å². The van der Waals surface area contributed by atoms with E-state index in [-0.39, 0.29) is 9.81 Å². The molecule has 12 nitrogen and oxygen atoms in total. The lowest BCUT2D eigenvalue weighted by molar-refractivity contribution is -0.154. The number of ether oxygens (including phenoxy) is 3. The van der Waals surface area contributed by atoms with Crippen LogP contribution in [0.2, 0.25) is 0 Å². The molecule has 218 valence electrons. The summed E-state index contributed by atoms with van der Waals surface area (Å²) in [4.78, 5) is 66.0. The molecule has 3 amide bonds. The number of benzene rings is 2. The fourth-order valence-corrected chi connectivity index (χ4v) is 6.48. The van der Waals surface area contributed by atoms with Crippen molar-refractivity contribution in [2.24, 2.45) is 0 Å². The summed E-state index contributed by atoms with van der Waals surface area (Å²) in [5.74, 6) is -3.43. The third-order valence-corrected chi connectivity index (χ3v) is 8.71. The van der Waals surface area contributed by atoms with Gasteiger partial charge in [0, 0.05) is 6.42 Å². The zero-order valence-electron chi connectivity index (χ0n) is 22.2. The average Bonchev–Trinajstić information content (AvgIpc) is 3.69. The second-order valence-corrected chi connectivity index (χ2v) is 11.4. The summed E-state index contributed by atoms with van der Waals surface area (Å²) in [5, 5.41) is 19.3. The SMILES string of the molecule is COc1ccc(/C=C2\SC(=O)N([C@@H](C[C@@H](C(=O)O)N3C(=O)/C(=C/c4ccc(OC)cc4)SC4OC43)C(=O)O)C2=O)cc1. The highest BCUT2D eigenvalue weighted by atomic mass is 32.2. The Kier molecular flexibility index (Phi) is 8.29. The fourth-order valence-electron chi connectivity index (χ4n) is 4.52. The highest BCUT2D eigenvalue weighted by Gasteiger charge is 2.57. The van der Waals surface area contributed by atoms with Gasteiger partial charge in [0.05, 0.1) is 24.0 Å². The van der Waals surface area contributed by atoms with Crippen LogP contribution in [-0.4, -0.2) is 87.0 Å². The predicted octanol–water partition coefficient (Wildman–Crippen LogP) is 3.34. The largest absolute Gasteiger partial charge is 0.497 e. The van der Waals surface area contributed by atoms with E-state index in [4.69, 9.17) is 14.2 Å². The number of hydrogen-bond donors (Lipinski definition) is 2. The summed E-state index contributed by atoms with van der Waals surface area (Å²) in [6.45, 7) is 0. The third-order valence-electron chi connectivity index (χ3n) is 6.71. The van der Waals surface area contributed by atoms with E-state index >= 15 is 0 Å². The van der Waals surface area contributed by atoms with Crippen LogP contribution in [-0.2, 0) is 23.9 Å². The number of rotatable bonds is 10. The predicted molar refractivity (Wildman–Crippen MR) is 152 cm³/mol. The summed E-state index contributed by atoms with van der Waals surface area (Å²) in [7, 11) is 3.02. The molecule has 3 aliphatic rings. The van der Waals surface area contributed by atoms with Gasteiger partial charge in [-0.15, -0.1) is 0 Å². The second kappa shape index (κ2) is 11.9. The van der Waals surface area contributed by atoms with Crippen LogP contribution >= 0.6 is 23.5 Å². The smallest absolute Gasteiger partial charge is 0.327 e. The van der Waals surface area contributed by atoms with Crippen LogP contribution in [0.5, 0.6) is 11.5 Å². The molecule has 3 saturated heterocycles. The minimum atomic E-state index is -1.85. The molecule has 0 saturated carbocycles. The molecule has 2 N–H and O–H groups in total. The quantitative estimate of drug-likeness (QED) is 0.298. The Labute approximate surface area is 247 Å². The van der Waals surface area contributed by atoms with Crippen LogP contribution in [0.3, 0.4) is 0 Å². The first kappa shape index (κ1) is 29.2. The van der Waals surface area contributed by atoms with Gasteiger partial charge in [-0.05, 0) is 59.3 Å². The molecule has 0 aromatic heterocycles. The highest BCUT2D eigenvalue weighted by molar-refractivity contribution is 8.18. The maximum Gasteiger partial charge on any atom is 0.327 e. The lowest BCUT2D eigenvalue weighted by Crippen LogP contribution is -2.54. The van der Waals surface area contributed by atoms with Gasteiger partial charge in [-0.25, -0.2) is 9.59 Å². The molecule has 5 rings (SSSR count). The van der Waals surface area contributed by atoms with E-state index in [1.54, 1.807) is 54.6 Å². The Morgan fingerprint density at radius 1 is 0.857 bits per heavy atom. The van der Waals surface area contributed by atoms with Crippen LogP contribution in [0.4, 0.5) is 4.79 Å². The number of thioether (sulfide) groups is 2. The molecule has 4 atom stereocenters. The number of carboxylic acids is 2. The monoisotopic (exact) mass is 612 g/mol. The zero-order chi connectivity index (χ0) is 30.1. The number of fused-ring (bicyclic) bond motifs is 1. The number of carboxylic acid groups (broad SMARTS) is 2. The molecule has 0 radical (unpaired) electrons. The maximum absolute atomic E-state index is 13.5. The molecule has 2 aromatic rings. The van der Waals surface area contributed by atoms with Gasteiger partial charge in [-0.3, -0.25) is 24.2 Å². The number of amides is 3. The van der Waals surface area contributed by atoms with Crippen LogP contribution in [0.1, 0.15) is 17.5 Å². The lowest BCUT2D eigenvalue weighted by Gasteiger charge is -2.33. The van der Waals surface area contributed by atoms with Crippen LogP contribution in [0.15, 0.2) is 58.3 Å². The summed E-state index contributed by atoms with van der Waals surface area (Å²) < 4.78 is 15.8. The molecular formula is C28H24N2O10S2. The molecule has 42 heavy (non-hydrogen) atoms. The third kappa shape index (κ3) is 5.86. The minimum absolute atomic E-state index is 0.0240. The number of imide groups is 1. The normalized spacial score (nSPS) is 23.1. The lowest BCUT2D eigenvalue weighted by atomic mass is 10.0. The topological polar surface area (TPSA) is 163 Å². The van der Waals surface area contributed by atoms with E-state index in [2.05, 4.69) is 0 Å². The number of methoxy groups -OCH3 is 2. The van der Waals surface area contributed by atoms with Crippen molar-refractivity contribution in [3.05, 3.63) is 69.5 Å². The van der Waals surface area contributed by atoms with Gasteiger partial charge in [-0.2, -0.15) is 0 Å². The molecule has 0 aliphatic carbocycles. The van der Waals surface area contributed by atoms with Crippen molar-refractivity contribution in [1.82, 2.24) is 9.80 Å². The van der Waals surface area contributed by atoms with E-state index in [0.29, 0.717) is 39.3 Å². The molecule has 3 fully saturated rings. The molecular weight excluding hydrogens is 588 g/mol. The van der Waals surface area contributed by atoms with Crippen LogP contribution in [0, 0.1) is 0 Å². The number of carbonyl (C=O) groups excluding carboxylic acids is 3. The molecule has 14 heteroatoms. The Balaban J connectivity index is 1.39. The van der Waals surface area contributed by atoms with Gasteiger partial charge in [0.15, 0.2) is 11.7 Å². The van der Waals surface area contributed by atoms with Gasteiger partial charge < -0.3 is 24.4 Å². The Morgan fingerprint density at radius 3 is 1.88 bits per heavy atom. The standard InChI is InChI=1S/C28H24N2O10S2/c1-38-16-7-3-14(4-8-16)11-20-22(31)29(24-27(40-24)41-20)18(25(33)34)13-19(26(35)36)30-23(32)21(42-28(30)37)12-15-5-9-17(39-2)10-6-15/h3-12,18-19,24,27H,13H2,1-2H3,(H,33,34)(H,35,36)/b20-11-,21-12-/t18-,19-,24?,27?/m0/s1. The van der Waals surface area contributed by atoms with Crippen LogP contribution in [0.25, 0.3) is 12.2 Å². The van der Waals surface area contributed by atoms with Crippen molar-refractivity contribution >= 4 is 64.7 Å². The number of hydrogen-bond acceptors (Lipinski definition) is 10. The van der Waals surface area contributed by atoms with Gasteiger partial charge in [0.1, 0.15) is 23.6 Å². The molecule has 3 aliphatic heterocycles. The number of nitrogens with zero attached hydrogens (tertiary/aromatic N) is 2. The van der Waals surface area contributed by atoms with E-state index in [9.17, 15) is 34.2 Å². The molecule has 0 bridgehead atoms. The van der Waals surface area contributed by atoms with E-state index in [1.165, 1.54) is 20.3 Å². The summed E-state index contributed by atoms with van der Waals surface area (Å²) >= 11 is 1.68. The second-order valence-electron chi connectivity index (χ2n) is 9.28. The maximum atomic E-state index is 13.5. The summed E-state index contributed by atoms with van der Waals surface area (Å²) in [6.07, 6.45) is 1.38. The first-order valence-electron chi connectivity index (χ1n) is 12.5. The molecule has 3 heterocycles. The van der Waals surface area contributed by atoms with E-state index in [0.717, 1.165) is 16.7 Å². The fraction of sp³-hybridized carbons (Fsp3) is 0.250. The number of epoxide rings is 1. The van der Waals surface area contributed by atoms with Crippen molar-refractivity contribution < 1.29 is 48.4 Å². The Bertz CT molecular complexity index is 1510. The molecule has 2 unspecified atom stereocenters. The molecule has 0 spiro atoms. The highest BCUT2D eigenvalue weighted by Crippen LogP contribution is 2.47. The minimum Gasteiger partial charge on any atom is -0.497 e. The average molecular weight is 613 g/mol. The Morgan fingerprint density at radius 2 is 1.38 bits per heavy atom. The first-order chi connectivity index (χ1) is 20.1. The zero-order valence-corrected chi connectivity index (χ0v) is 23.8. The van der Waals surface area contributed by atoms with Crippen molar-refractivity contribution in [2.45, 2.75) is 30.2 Å². The van der Waals surface area contributed by atoms with Crippen molar-refractivity contribution in [1.29, 1.82) is 0 Å². The van der Waals surface area contributed by atoms with E-state index in [1.807, 2.05) is 0 Å². The Hall–Kier alpha value is -4.27. The van der Waals surface area contributed by atoms with Gasteiger partial charge in [0.2, 0.25) is 0 Å². The number of carbonyl (C=O) groups is 5. The van der Waals surface area contributed by atoms with Crippen molar-refractivity contribution in [3.63, 3.8) is 0 Å². The van der Waals surface area contributed by atoms with Crippen LogP contribution < -0.4 is 9.47 Å². The van der Waals surface area contributed by atoms with E-state index < -0.39 is 59.2 Å². The first-order valence-corrected chi connectivity index (χ1v) is 14.2. The number of aliphatic carboxylic acids is 2.